The van der Waals surface area contributed by atoms with Crippen LogP contribution < -0.4 is 5.32 Å². The van der Waals surface area contributed by atoms with Gasteiger partial charge in [0.1, 0.15) is 0 Å². The summed E-state index contributed by atoms with van der Waals surface area (Å²) in [5.41, 5.74) is 1.64. The highest BCUT2D eigenvalue weighted by atomic mass is 127. The largest absolute Gasteiger partial charge is 0.395 e. The molecule has 0 saturated carbocycles. The van der Waals surface area contributed by atoms with Gasteiger partial charge in [-0.25, -0.2) is 0 Å². The lowest BCUT2D eigenvalue weighted by molar-refractivity contribution is 0.0971. The van der Waals surface area contributed by atoms with Crippen molar-refractivity contribution in [3.05, 3.63) is 69.3 Å². The quantitative estimate of drug-likeness (QED) is 0.555. The molecule has 4 nitrogen and oxygen atoms in total. The first-order valence-corrected chi connectivity index (χ1v) is 8.60. The van der Waals surface area contributed by atoms with Crippen molar-refractivity contribution in [3.63, 3.8) is 0 Å². The van der Waals surface area contributed by atoms with Crippen LogP contribution in [0.1, 0.15) is 15.9 Å². The molecule has 0 aromatic heterocycles. The third-order valence-corrected chi connectivity index (χ3v) is 4.51. The maximum Gasteiger partial charge on any atom is 0.258 e. The summed E-state index contributed by atoms with van der Waals surface area (Å²) < 4.78 is 0.863. The molecule has 2 rings (SSSR count). The Hall–Kier alpha value is -1.51. The van der Waals surface area contributed by atoms with E-state index in [1.54, 1.807) is 11.0 Å². The van der Waals surface area contributed by atoms with Gasteiger partial charge in [0.05, 0.1) is 12.2 Å². The molecule has 0 fully saturated rings. The first-order valence-electron chi connectivity index (χ1n) is 7.11. The zero-order valence-electron chi connectivity index (χ0n) is 12.4. The second kappa shape index (κ2) is 8.95. The molecule has 2 N–H and O–H groups in total. The van der Waals surface area contributed by atoms with E-state index >= 15 is 0 Å². The van der Waals surface area contributed by atoms with Crippen LogP contribution in [0.5, 0.6) is 0 Å². The standard InChI is InChI=1S/C17H17IN2O2S/c18-15-9-5-4-8-14(15)16(22)19-17(23)20(10-11-21)12-13-6-2-1-3-7-13/h1-9,21H,10-12H2,(H,19,22,23). The highest BCUT2D eigenvalue weighted by Gasteiger charge is 2.15. The van der Waals surface area contributed by atoms with Gasteiger partial charge < -0.3 is 10.0 Å². The van der Waals surface area contributed by atoms with Crippen LogP contribution >= 0.6 is 34.8 Å². The lowest BCUT2D eigenvalue weighted by atomic mass is 10.2. The molecular formula is C17H17IN2O2S. The van der Waals surface area contributed by atoms with Gasteiger partial charge >= 0.3 is 0 Å². The Morgan fingerprint density at radius 1 is 1.13 bits per heavy atom. The van der Waals surface area contributed by atoms with Crippen molar-refractivity contribution < 1.29 is 9.90 Å². The fraction of sp³-hybridized carbons (Fsp3) is 0.176. The summed E-state index contributed by atoms with van der Waals surface area (Å²) in [6.07, 6.45) is 0. The molecule has 0 atom stereocenters. The first-order chi connectivity index (χ1) is 11.1. The van der Waals surface area contributed by atoms with Gasteiger partial charge in [-0.3, -0.25) is 10.1 Å². The highest BCUT2D eigenvalue weighted by molar-refractivity contribution is 14.1. The van der Waals surface area contributed by atoms with Crippen molar-refractivity contribution in [2.75, 3.05) is 13.2 Å². The topological polar surface area (TPSA) is 52.6 Å². The number of hydrogen-bond acceptors (Lipinski definition) is 3. The summed E-state index contributed by atoms with van der Waals surface area (Å²) in [6, 6.07) is 17.1. The van der Waals surface area contributed by atoms with Gasteiger partial charge in [0.2, 0.25) is 0 Å². The average Bonchev–Trinajstić information content (AvgIpc) is 2.55. The lowest BCUT2D eigenvalue weighted by Crippen LogP contribution is -2.43. The molecule has 0 aliphatic heterocycles. The van der Waals surface area contributed by atoms with Gasteiger partial charge in [-0.15, -0.1) is 0 Å². The number of thiocarbonyl (C=S) groups is 1. The third-order valence-electron chi connectivity index (χ3n) is 3.21. The molecule has 120 valence electrons. The Labute approximate surface area is 154 Å². The van der Waals surface area contributed by atoms with Crippen molar-refractivity contribution in [2.24, 2.45) is 0 Å². The monoisotopic (exact) mass is 440 g/mol. The third kappa shape index (κ3) is 5.26. The van der Waals surface area contributed by atoms with Crippen molar-refractivity contribution in [1.82, 2.24) is 10.2 Å². The van der Waals surface area contributed by atoms with Crippen molar-refractivity contribution in [2.45, 2.75) is 6.54 Å². The smallest absolute Gasteiger partial charge is 0.258 e. The normalized spacial score (nSPS) is 10.2. The van der Waals surface area contributed by atoms with E-state index in [1.165, 1.54) is 0 Å². The molecule has 0 bridgehead atoms. The second-order valence-corrected chi connectivity index (χ2v) is 6.42. The molecule has 2 aromatic carbocycles. The lowest BCUT2D eigenvalue weighted by Gasteiger charge is -2.24. The summed E-state index contributed by atoms with van der Waals surface area (Å²) in [4.78, 5) is 14.1. The van der Waals surface area contributed by atoms with Crippen LogP contribution in [0, 0.1) is 3.57 Å². The molecule has 0 unspecified atom stereocenters. The maximum atomic E-state index is 12.3. The number of aliphatic hydroxyl groups excluding tert-OH is 1. The zero-order chi connectivity index (χ0) is 16.7. The van der Waals surface area contributed by atoms with Crippen LogP contribution in [0.4, 0.5) is 0 Å². The van der Waals surface area contributed by atoms with Crippen LogP contribution in [0.15, 0.2) is 54.6 Å². The van der Waals surface area contributed by atoms with E-state index in [1.807, 2.05) is 48.5 Å². The molecule has 0 saturated heterocycles. The van der Waals surface area contributed by atoms with Crippen molar-refractivity contribution in [3.8, 4) is 0 Å². The van der Waals surface area contributed by atoms with Gasteiger partial charge in [-0.2, -0.15) is 0 Å². The number of amides is 1. The average molecular weight is 440 g/mol. The molecule has 1 amide bonds. The summed E-state index contributed by atoms with van der Waals surface area (Å²) in [7, 11) is 0. The van der Waals surface area contributed by atoms with Crippen LogP contribution in [0.3, 0.4) is 0 Å². The van der Waals surface area contributed by atoms with Crippen LogP contribution in [-0.2, 0) is 6.54 Å². The fourth-order valence-electron chi connectivity index (χ4n) is 2.07. The Balaban J connectivity index is 2.06. The molecular weight excluding hydrogens is 423 g/mol. The van der Waals surface area contributed by atoms with E-state index in [2.05, 4.69) is 27.9 Å². The number of rotatable bonds is 5. The van der Waals surface area contributed by atoms with Crippen molar-refractivity contribution >= 4 is 45.8 Å². The molecule has 23 heavy (non-hydrogen) atoms. The van der Waals surface area contributed by atoms with Crippen LogP contribution in [0.25, 0.3) is 0 Å². The summed E-state index contributed by atoms with van der Waals surface area (Å²) in [5.74, 6) is -0.240. The van der Waals surface area contributed by atoms with E-state index in [0.717, 1.165) is 9.13 Å². The molecule has 0 aliphatic carbocycles. The second-order valence-electron chi connectivity index (χ2n) is 4.87. The Morgan fingerprint density at radius 3 is 2.43 bits per heavy atom. The molecule has 0 radical (unpaired) electrons. The molecule has 0 heterocycles. The fourth-order valence-corrected chi connectivity index (χ4v) is 2.95. The van der Waals surface area contributed by atoms with E-state index < -0.39 is 0 Å². The number of nitrogens with zero attached hydrogens (tertiary/aromatic N) is 1. The minimum absolute atomic E-state index is 0.0360. The zero-order valence-corrected chi connectivity index (χ0v) is 15.4. The number of halogens is 1. The maximum absolute atomic E-state index is 12.3. The minimum Gasteiger partial charge on any atom is -0.395 e. The number of carbonyl (C=O) groups excluding carboxylic acids is 1. The highest BCUT2D eigenvalue weighted by Crippen LogP contribution is 2.11. The summed E-state index contributed by atoms with van der Waals surface area (Å²) >= 11 is 7.46. The predicted octanol–water partition coefficient (Wildman–Crippen LogP) is 2.80. The van der Waals surface area contributed by atoms with E-state index in [-0.39, 0.29) is 12.5 Å². The van der Waals surface area contributed by atoms with Crippen LogP contribution in [0.2, 0.25) is 0 Å². The number of nitrogens with one attached hydrogen (secondary N) is 1. The van der Waals surface area contributed by atoms with Gasteiger partial charge in [0, 0.05) is 16.7 Å². The van der Waals surface area contributed by atoms with E-state index in [4.69, 9.17) is 12.2 Å². The van der Waals surface area contributed by atoms with E-state index in [0.29, 0.717) is 23.8 Å². The SMILES string of the molecule is O=C(NC(=S)N(CCO)Cc1ccccc1)c1ccccc1I. The summed E-state index contributed by atoms with van der Waals surface area (Å²) in [5, 5.41) is 12.3. The van der Waals surface area contributed by atoms with Crippen molar-refractivity contribution in [1.29, 1.82) is 0 Å². The molecule has 0 aliphatic rings. The molecule has 2 aromatic rings. The number of carbonyl (C=O) groups is 1. The Kier molecular flexibility index (Phi) is 6.94. The minimum atomic E-state index is -0.240. The Morgan fingerprint density at radius 2 is 1.78 bits per heavy atom. The van der Waals surface area contributed by atoms with Crippen LogP contribution in [-0.4, -0.2) is 34.2 Å². The molecule has 6 heteroatoms. The molecule has 0 spiro atoms. The number of aliphatic hydroxyl groups is 1. The Bertz CT molecular complexity index is 679. The van der Waals surface area contributed by atoms with E-state index in [9.17, 15) is 9.90 Å². The number of benzene rings is 2. The predicted molar refractivity (Wildman–Crippen MR) is 103 cm³/mol. The van der Waals surface area contributed by atoms with Gasteiger partial charge in [0.25, 0.3) is 5.91 Å². The van der Waals surface area contributed by atoms with Gasteiger partial charge in [-0.05, 0) is 52.5 Å². The first kappa shape index (κ1) is 17.8. The van der Waals surface area contributed by atoms with Gasteiger partial charge in [0.15, 0.2) is 5.11 Å². The van der Waals surface area contributed by atoms with Gasteiger partial charge in [-0.1, -0.05) is 42.5 Å². The number of hydrogen-bond donors (Lipinski definition) is 2. The summed E-state index contributed by atoms with van der Waals surface area (Å²) in [6.45, 7) is 0.859.